The Labute approximate surface area is 116 Å². The van der Waals surface area contributed by atoms with E-state index in [1.54, 1.807) is 18.9 Å². The fraction of sp³-hybridized carbons (Fsp3) is 0.500. The lowest BCUT2D eigenvalue weighted by molar-refractivity contribution is -0.135. The molecule has 0 fully saturated rings. The number of amides is 1. The summed E-state index contributed by atoms with van der Waals surface area (Å²) in [5, 5.41) is 0. The van der Waals surface area contributed by atoms with Gasteiger partial charge in [-0.05, 0) is 18.9 Å². The Hall–Kier alpha value is -1.06. The van der Waals surface area contributed by atoms with E-state index in [-0.39, 0.29) is 18.3 Å². The second-order valence-corrected chi connectivity index (χ2v) is 4.81. The van der Waals surface area contributed by atoms with Crippen LogP contribution in [0.2, 0.25) is 0 Å². The molecular formula is C14H23ClN2O. The van der Waals surface area contributed by atoms with Crippen molar-refractivity contribution in [1.82, 2.24) is 4.90 Å². The second-order valence-electron chi connectivity index (χ2n) is 4.81. The summed E-state index contributed by atoms with van der Waals surface area (Å²) >= 11 is 0. The quantitative estimate of drug-likeness (QED) is 0.894. The Morgan fingerprint density at radius 1 is 1.33 bits per heavy atom. The predicted molar refractivity (Wildman–Crippen MR) is 77.7 cm³/mol. The molecule has 1 atom stereocenters. The summed E-state index contributed by atoms with van der Waals surface area (Å²) in [5.41, 5.74) is 6.40. The van der Waals surface area contributed by atoms with Crippen LogP contribution in [0.25, 0.3) is 0 Å². The Balaban J connectivity index is 0.00000289. The summed E-state index contributed by atoms with van der Waals surface area (Å²) in [6.45, 7) is 4.45. The Kier molecular flexibility index (Phi) is 6.96. The predicted octanol–water partition coefficient (Wildman–Crippen LogP) is 2.58. The van der Waals surface area contributed by atoms with Gasteiger partial charge in [-0.3, -0.25) is 4.79 Å². The van der Waals surface area contributed by atoms with Crippen LogP contribution in [-0.2, 0) is 11.3 Å². The summed E-state index contributed by atoms with van der Waals surface area (Å²) in [7, 11) is 1.80. The molecule has 0 heterocycles. The van der Waals surface area contributed by atoms with Gasteiger partial charge < -0.3 is 10.6 Å². The summed E-state index contributed by atoms with van der Waals surface area (Å²) < 4.78 is 0. The molecule has 0 radical (unpaired) electrons. The molecule has 18 heavy (non-hydrogen) atoms. The van der Waals surface area contributed by atoms with E-state index in [1.165, 1.54) is 0 Å². The number of hydrogen-bond donors (Lipinski definition) is 1. The molecule has 0 bridgehead atoms. The van der Waals surface area contributed by atoms with Crippen molar-refractivity contribution in [3.63, 3.8) is 0 Å². The third-order valence-electron chi connectivity index (χ3n) is 2.87. The van der Waals surface area contributed by atoms with Crippen molar-refractivity contribution in [2.45, 2.75) is 38.8 Å². The van der Waals surface area contributed by atoms with E-state index < -0.39 is 5.54 Å². The average Bonchev–Trinajstić information content (AvgIpc) is 2.29. The van der Waals surface area contributed by atoms with Crippen molar-refractivity contribution in [3.05, 3.63) is 35.9 Å². The Bertz CT molecular complexity index is 365. The molecular weight excluding hydrogens is 248 g/mol. The van der Waals surface area contributed by atoms with Gasteiger partial charge in [0.2, 0.25) is 5.91 Å². The molecule has 1 unspecified atom stereocenters. The van der Waals surface area contributed by atoms with Crippen LogP contribution >= 0.6 is 12.4 Å². The van der Waals surface area contributed by atoms with Gasteiger partial charge in [0.05, 0.1) is 5.54 Å². The van der Waals surface area contributed by atoms with Crippen molar-refractivity contribution in [1.29, 1.82) is 0 Å². The number of carbonyl (C=O) groups is 1. The molecule has 1 aromatic rings. The summed E-state index contributed by atoms with van der Waals surface area (Å²) in [4.78, 5) is 13.9. The van der Waals surface area contributed by atoms with Gasteiger partial charge in [-0.25, -0.2) is 0 Å². The van der Waals surface area contributed by atoms with E-state index in [1.807, 2.05) is 37.3 Å². The monoisotopic (exact) mass is 270 g/mol. The zero-order valence-corrected chi connectivity index (χ0v) is 12.2. The highest BCUT2D eigenvalue weighted by Crippen LogP contribution is 2.13. The lowest BCUT2D eigenvalue weighted by Crippen LogP contribution is -2.51. The first-order valence-corrected chi connectivity index (χ1v) is 6.05. The third-order valence-corrected chi connectivity index (χ3v) is 2.87. The first kappa shape index (κ1) is 16.9. The normalized spacial score (nSPS) is 13.3. The van der Waals surface area contributed by atoms with Crippen LogP contribution in [0.1, 0.15) is 32.3 Å². The van der Waals surface area contributed by atoms with Gasteiger partial charge in [0.15, 0.2) is 0 Å². The Morgan fingerprint density at radius 3 is 2.39 bits per heavy atom. The molecule has 0 aliphatic heterocycles. The molecule has 4 heteroatoms. The second kappa shape index (κ2) is 7.39. The smallest absolute Gasteiger partial charge is 0.242 e. The van der Waals surface area contributed by atoms with Crippen molar-refractivity contribution >= 4 is 18.3 Å². The highest BCUT2D eigenvalue weighted by atomic mass is 35.5. The highest BCUT2D eigenvalue weighted by Gasteiger charge is 2.29. The molecule has 1 amide bonds. The average molecular weight is 271 g/mol. The van der Waals surface area contributed by atoms with E-state index in [0.717, 1.165) is 12.0 Å². The molecule has 1 aromatic carbocycles. The minimum Gasteiger partial charge on any atom is -0.340 e. The minimum atomic E-state index is -0.752. The topological polar surface area (TPSA) is 46.3 Å². The van der Waals surface area contributed by atoms with Gasteiger partial charge in [-0.15, -0.1) is 12.4 Å². The fourth-order valence-electron chi connectivity index (χ4n) is 1.99. The highest BCUT2D eigenvalue weighted by molar-refractivity contribution is 5.85. The van der Waals surface area contributed by atoms with Crippen molar-refractivity contribution < 1.29 is 4.79 Å². The summed E-state index contributed by atoms with van der Waals surface area (Å²) in [6, 6.07) is 9.94. The number of benzene rings is 1. The Morgan fingerprint density at radius 2 is 1.89 bits per heavy atom. The standard InChI is InChI=1S/C14H22N2O.ClH/c1-4-10-14(2,15)13(17)16(3)11-12-8-6-5-7-9-12;/h5-9H,4,10-11,15H2,1-3H3;1H. The van der Waals surface area contributed by atoms with Crippen LogP contribution in [0, 0.1) is 0 Å². The zero-order chi connectivity index (χ0) is 12.9. The maximum absolute atomic E-state index is 12.2. The molecule has 0 aliphatic rings. The van der Waals surface area contributed by atoms with Crippen LogP contribution in [0.3, 0.4) is 0 Å². The third kappa shape index (κ3) is 4.67. The summed E-state index contributed by atoms with van der Waals surface area (Å²) in [5.74, 6) is 0.00297. The number of carbonyl (C=O) groups excluding carboxylic acids is 1. The van der Waals surface area contributed by atoms with Gasteiger partial charge in [-0.1, -0.05) is 43.7 Å². The molecule has 0 saturated carbocycles. The van der Waals surface area contributed by atoms with Crippen molar-refractivity contribution in [2.75, 3.05) is 7.05 Å². The van der Waals surface area contributed by atoms with Crippen molar-refractivity contribution in [3.8, 4) is 0 Å². The number of hydrogen-bond acceptors (Lipinski definition) is 2. The molecule has 102 valence electrons. The lowest BCUT2D eigenvalue weighted by atomic mass is 9.96. The molecule has 3 nitrogen and oxygen atoms in total. The van der Waals surface area contributed by atoms with E-state index in [4.69, 9.17) is 5.73 Å². The van der Waals surface area contributed by atoms with E-state index in [2.05, 4.69) is 0 Å². The number of likely N-dealkylation sites (N-methyl/N-ethyl adjacent to an activating group) is 1. The SMILES string of the molecule is CCCC(C)(N)C(=O)N(C)Cc1ccccc1.Cl. The number of nitrogens with two attached hydrogens (primary N) is 1. The van der Waals surface area contributed by atoms with Crippen LogP contribution in [0.5, 0.6) is 0 Å². The van der Waals surface area contributed by atoms with E-state index >= 15 is 0 Å². The maximum atomic E-state index is 12.2. The van der Waals surface area contributed by atoms with Crippen LogP contribution in [0.15, 0.2) is 30.3 Å². The van der Waals surface area contributed by atoms with E-state index in [9.17, 15) is 4.79 Å². The first-order valence-electron chi connectivity index (χ1n) is 6.05. The fourth-order valence-corrected chi connectivity index (χ4v) is 1.99. The maximum Gasteiger partial charge on any atom is 0.242 e. The van der Waals surface area contributed by atoms with Gasteiger partial charge in [0, 0.05) is 13.6 Å². The van der Waals surface area contributed by atoms with Gasteiger partial charge >= 0.3 is 0 Å². The molecule has 0 saturated heterocycles. The van der Waals surface area contributed by atoms with Gasteiger partial charge in [0.1, 0.15) is 0 Å². The zero-order valence-electron chi connectivity index (χ0n) is 11.3. The number of halogens is 1. The molecule has 2 N–H and O–H groups in total. The molecule has 0 spiro atoms. The van der Waals surface area contributed by atoms with Crippen LogP contribution < -0.4 is 5.73 Å². The largest absolute Gasteiger partial charge is 0.340 e. The number of nitrogens with zero attached hydrogens (tertiary/aromatic N) is 1. The molecule has 0 aromatic heterocycles. The summed E-state index contributed by atoms with van der Waals surface area (Å²) in [6.07, 6.45) is 1.63. The molecule has 0 aliphatic carbocycles. The lowest BCUT2D eigenvalue weighted by Gasteiger charge is -2.29. The van der Waals surface area contributed by atoms with Gasteiger partial charge in [-0.2, -0.15) is 0 Å². The van der Waals surface area contributed by atoms with Crippen LogP contribution in [-0.4, -0.2) is 23.4 Å². The molecule has 1 rings (SSSR count). The number of rotatable bonds is 5. The van der Waals surface area contributed by atoms with E-state index in [0.29, 0.717) is 13.0 Å². The van der Waals surface area contributed by atoms with Crippen molar-refractivity contribution in [2.24, 2.45) is 5.73 Å². The van der Waals surface area contributed by atoms with Gasteiger partial charge in [0.25, 0.3) is 0 Å². The van der Waals surface area contributed by atoms with Crippen LogP contribution in [0.4, 0.5) is 0 Å². The first-order chi connectivity index (χ1) is 7.97. The minimum absolute atomic E-state index is 0.